The normalized spacial score (nSPS) is 18.0. The number of rotatable bonds is 5. The molecule has 0 unspecified atom stereocenters. The number of ether oxygens (including phenoxy) is 3. The van der Waals surface area contributed by atoms with Gasteiger partial charge in [0.05, 0.1) is 19.6 Å². The highest BCUT2D eigenvalue weighted by Gasteiger charge is 2.45. The van der Waals surface area contributed by atoms with Crippen molar-refractivity contribution >= 4 is 11.8 Å². The van der Waals surface area contributed by atoms with E-state index in [0.29, 0.717) is 74.9 Å². The number of carbonyl (C=O) groups is 2. The summed E-state index contributed by atoms with van der Waals surface area (Å²) >= 11 is 0. The number of nitrogens with zero attached hydrogens (tertiary/aromatic N) is 2. The van der Waals surface area contributed by atoms with Crippen LogP contribution in [-0.4, -0.2) is 75.2 Å². The number of piperazine rings is 1. The minimum absolute atomic E-state index is 0.0217. The molecule has 176 valence electrons. The molecule has 0 N–H and O–H groups in total. The molecular weight excluding hydrogens is 427 g/mol. The van der Waals surface area contributed by atoms with Crippen LogP contribution in [0.5, 0.6) is 11.5 Å². The van der Waals surface area contributed by atoms with Gasteiger partial charge in [-0.05, 0) is 42.7 Å². The molecule has 33 heavy (non-hydrogen) atoms. The van der Waals surface area contributed by atoms with Crippen molar-refractivity contribution in [3.05, 3.63) is 59.4 Å². The van der Waals surface area contributed by atoms with E-state index in [0.717, 1.165) is 0 Å². The zero-order valence-corrected chi connectivity index (χ0v) is 19.0. The minimum Gasteiger partial charge on any atom is -0.497 e. The van der Waals surface area contributed by atoms with Crippen LogP contribution in [0.25, 0.3) is 0 Å². The zero-order valence-electron chi connectivity index (χ0n) is 19.0. The van der Waals surface area contributed by atoms with E-state index in [1.807, 2.05) is 6.07 Å². The molecule has 4 rings (SSSR count). The first kappa shape index (κ1) is 23.0. The number of amides is 2. The molecule has 2 saturated heterocycles. The minimum atomic E-state index is -0.799. The predicted molar refractivity (Wildman–Crippen MR) is 120 cm³/mol. The SMILES string of the molecule is COc1cc(OC)cc(C(=O)N2CCN(C(=O)C3(c4cccc(F)c4)CCOCC3)CC2)c1. The van der Waals surface area contributed by atoms with E-state index in [-0.39, 0.29) is 17.6 Å². The lowest BCUT2D eigenvalue weighted by molar-refractivity contribution is -0.142. The standard InChI is InChI=1S/C25H29FN2O5/c1-31-21-14-18(15-22(17-21)32-2)23(29)27-8-10-28(11-9-27)24(30)25(6-12-33-13-7-25)19-4-3-5-20(26)16-19/h3-5,14-17H,6-13H2,1-2H3. The quantitative estimate of drug-likeness (QED) is 0.692. The summed E-state index contributed by atoms with van der Waals surface area (Å²) in [5, 5.41) is 0. The van der Waals surface area contributed by atoms with Gasteiger partial charge < -0.3 is 24.0 Å². The largest absolute Gasteiger partial charge is 0.497 e. The average molecular weight is 457 g/mol. The van der Waals surface area contributed by atoms with Gasteiger partial charge in [-0.25, -0.2) is 4.39 Å². The summed E-state index contributed by atoms with van der Waals surface area (Å²) in [6.07, 6.45) is 1.02. The molecular formula is C25H29FN2O5. The van der Waals surface area contributed by atoms with Crippen molar-refractivity contribution in [1.29, 1.82) is 0 Å². The summed E-state index contributed by atoms with van der Waals surface area (Å²) in [6, 6.07) is 11.4. The smallest absolute Gasteiger partial charge is 0.254 e. The second-order valence-electron chi connectivity index (χ2n) is 8.39. The summed E-state index contributed by atoms with van der Waals surface area (Å²) in [6.45, 7) is 2.59. The molecule has 0 bridgehead atoms. The van der Waals surface area contributed by atoms with Crippen LogP contribution in [0.3, 0.4) is 0 Å². The van der Waals surface area contributed by atoms with Gasteiger partial charge in [-0.3, -0.25) is 9.59 Å². The number of halogens is 1. The Balaban J connectivity index is 1.49. The van der Waals surface area contributed by atoms with Crippen molar-refractivity contribution in [2.75, 3.05) is 53.6 Å². The molecule has 2 heterocycles. The van der Waals surface area contributed by atoms with Crippen molar-refractivity contribution in [1.82, 2.24) is 9.80 Å². The van der Waals surface area contributed by atoms with Gasteiger partial charge in [0.2, 0.25) is 5.91 Å². The third kappa shape index (κ3) is 4.66. The monoisotopic (exact) mass is 456 g/mol. The number of hydrogen-bond donors (Lipinski definition) is 0. The molecule has 0 saturated carbocycles. The van der Waals surface area contributed by atoms with E-state index in [1.165, 1.54) is 26.4 Å². The Morgan fingerprint density at radius 3 is 2.09 bits per heavy atom. The van der Waals surface area contributed by atoms with E-state index in [9.17, 15) is 14.0 Å². The van der Waals surface area contributed by atoms with Gasteiger partial charge in [-0.2, -0.15) is 0 Å². The van der Waals surface area contributed by atoms with Crippen molar-refractivity contribution < 1.29 is 28.2 Å². The van der Waals surface area contributed by atoms with E-state index in [1.54, 1.807) is 34.1 Å². The Labute approximate surface area is 193 Å². The maximum Gasteiger partial charge on any atom is 0.254 e. The van der Waals surface area contributed by atoms with Crippen molar-refractivity contribution in [2.24, 2.45) is 0 Å². The van der Waals surface area contributed by atoms with Gasteiger partial charge in [-0.15, -0.1) is 0 Å². The molecule has 0 aromatic heterocycles. The van der Waals surface area contributed by atoms with Crippen LogP contribution in [0.15, 0.2) is 42.5 Å². The Morgan fingerprint density at radius 1 is 0.909 bits per heavy atom. The first-order valence-electron chi connectivity index (χ1n) is 11.1. The van der Waals surface area contributed by atoms with Gasteiger partial charge >= 0.3 is 0 Å². The van der Waals surface area contributed by atoms with Crippen molar-refractivity contribution in [2.45, 2.75) is 18.3 Å². The molecule has 2 aromatic rings. The molecule has 0 spiro atoms. The molecule has 2 amide bonds. The van der Waals surface area contributed by atoms with Crippen LogP contribution in [0.2, 0.25) is 0 Å². The van der Waals surface area contributed by atoms with E-state index in [2.05, 4.69) is 0 Å². The fraction of sp³-hybridized carbons (Fsp3) is 0.440. The lowest BCUT2D eigenvalue weighted by Gasteiger charge is -2.43. The molecule has 2 aromatic carbocycles. The average Bonchev–Trinajstić information content (AvgIpc) is 2.88. The molecule has 0 radical (unpaired) electrons. The zero-order chi connectivity index (χ0) is 23.4. The number of carbonyl (C=O) groups excluding carboxylic acids is 2. The highest BCUT2D eigenvalue weighted by atomic mass is 19.1. The third-order valence-corrected chi connectivity index (χ3v) is 6.59. The van der Waals surface area contributed by atoms with Crippen LogP contribution < -0.4 is 9.47 Å². The van der Waals surface area contributed by atoms with Gasteiger partial charge in [0.25, 0.3) is 5.91 Å². The predicted octanol–water partition coefficient (Wildman–Crippen LogP) is 2.88. The first-order chi connectivity index (χ1) is 16.0. The second kappa shape index (κ2) is 9.79. The highest BCUT2D eigenvalue weighted by Crippen LogP contribution is 2.37. The number of methoxy groups -OCH3 is 2. The highest BCUT2D eigenvalue weighted by molar-refractivity contribution is 5.95. The van der Waals surface area contributed by atoms with Crippen LogP contribution in [-0.2, 0) is 14.9 Å². The summed E-state index contributed by atoms with van der Waals surface area (Å²) in [5.41, 5.74) is 0.372. The molecule has 0 aliphatic carbocycles. The summed E-state index contributed by atoms with van der Waals surface area (Å²) in [7, 11) is 3.08. The lowest BCUT2D eigenvalue weighted by Crippen LogP contribution is -2.56. The van der Waals surface area contributed by atoms with Gasteiger partial charge in [0.15, 0.2) is 0 Å². The molecule has 2 aliphatic rings. The van der Waals surface area contributed by atoms with Gasteiger partial charge in [-0.1, -0.05) is 12.1 Å². The summed E-state index contributed by atoms with van der Waals surface area (Å²) < 4.78 is 30.0. The molecule has 8 heteroatoms. The maximum atomic E-state index is 14.0. The lowest BCUT2D eigenvalue weighted by atomic mass is 9.73. The Bertz CT molecular complexity index is 991. The van der Waals surface area contributed by atoms with Crippen LogP contribution in [0, 0.1) is 5.82 Å². The van der Waals surface area contributed by atoms with Gasteiger partial charge in [0, 0.05) is 51.0 Å². The summed E-state index contributed by atoms with van der Waals surface area (Å²) in [5.74, 6) is 0.582. The van der Waals surface area contributed by atoms with Crippen LogP contribution in [0.4, 0.5) is 4.39 Å². The Hall–Kier alpha value is -3.13. The number of benzene rings is 2. The second-order valence-corrected chi connectivity index (χ2v) is 8.39. The summed E-state index contributed by atoms with van der Waals surface area (Å²) in [4.78, 5) is 30.3. The van der Waals surface area contributed by atoms with Crippen LogP contribution in [0.1, 0.15) is 28.8 Å². The van der Waals surface area contributed by atoms with Crippen molar-refractivity contribution in [3.8, 4) is 11.5 Å². The fourth-order valence-corrected chi connectivity index (χ4v) is 4.66. The molecule has 2 aliphatic heterocycles. The van der Waals surface area contributed by atoms with E-state index >= 15 is 0 Å². The molecule has 2 fully saturated rings. The fourth-order valence-electron chi connectivity index (χ4n) is 4.66. The van der Waals surface area contributed by atoms with E-state index in [4.69, 9.17) is 14.2 Å². The van der Waals surface area contributed by atoms with Crippen LogP contribution >= 0.6 is 0 Å². The Morgan fingerprint density at radius 2 is 1.52 bits per heavy atom. The van der Waals surface area contributed by atoms with E-state index < -0.39 is 5.41 Å². The molecule has 7 nitrogen and oxygen atoms in total. The van der Waals surface area contributed by atoms with Crippen molar-refractivity contribution in [3.63, 3.8) is 0 Å². The first-order valence-corrected chi connectivity index (χ1v) is 11.1. The number of hydrogen-bond acceptors (Lipinski definition) is 5. The maximum absolute atomic E-state index is 14.0. The third-order valence-electron chi connectivity index (χ3n) is 6.59. The molecule has 0 atom stereocenters. The van der Waals surface area contributed by atoms with Gasteiger partial charge in [0.1, 0.15) is 17.3 Å². The topological polar surface area (TPSA) is 68.3 Å². The Kier molecular flexibility index (Phi) is 6.83.